The summed E-state index contributed by atoms with van der Waals surface area (Å²) in [6.45, 7) is 0. The average Bonchev–Trinajstić information content (AvgIpc) is 3.15. The molecule has 2 amide bonds. The Bertz CT molecular complexity index is 877. The van der Waals surface area contributed by atoms with Crippen LogP contribution in [0, 0.1) is 0 Å². The van der Waals surface area contributed by atoms with E-state index < -0.39 is 0 Å². The van der Waals surface area contributed by atoms with E-state index in [9.17, 15) is 9.59 Å². The van der Waals surface area contributed by atoms with Crippen LogP contribution in [0.25, 0.3) is 0 Å². The summed E-state index contributed by atoms with van der Waals surface area (Å²) >= 11 is 1.35. The number of nitrogens with one attached hydrogen (secondary N) is 2. The molecule has 0 saturated carbocycles. The molecule has 3 aromatic rings. The molecule has 0 aliphatic carbocycles. The fraction of sp³-hybridized carbons (Fsp3) is 0.0556. The first kappa shape index (κ1) is 16.7. The number of carbonyl (C=O) groups excluding carboxylic acids is 2. The number of hydrogen-bond acceptors (Lipinski definition) is 5. The molecule has 0 aliphatic rings. The number of thiazole rings is 1. The monoisotopic (exact) mass is 353 g/mol. The van der Waals surface area contributed by atoms with Gasteiger partial charge in [-0.1, -0.05) is 6.07 Å². The van der Waals surface area contributed by atoms with Crippen molar-refractivity contribution in [2.45, 2.75) is 0 Å². The lowest BCUT2D eigenvalue weighted by atomic mass is 10.1. The summed E-state index contributed by atoms with van der Waals surface area (Å²) in [4.78, 5) is 28.4. The van der Waals surface area contributed by atoms with Gasteiger partial charge < -0.3 is 10.1 Å². The van der Waals surface area contributed by atoms with Crippen molar-refractivity contribution >= 4 is 34.0 Å². The minimum Gasteiger partial charge on any atom is -0.497 e. The number of nitrogens with zero attached hydrogens (tertiary/aromatic N) is 1. The number of hydrogen-bond donors (Lipinski definition) is 2. The van der Waals surface area contributed by atoms with Crippen molar-refractivity contribution in [3.05, 3.63) is 71.2 Å². The predicted octanol–water partition coefficient (Wildman–Crippen LogP) is 3.66. The molecule has 0 aliphatic heterocycles. The number of rotatable bonds is 5. The minimum atomic E-state index is -0.251. The number of amides is 2. The summed E-state index contributed by atoms with van der Waals surface area (Å²) in [6.07, 6.45) is 1.62. The maximum Gasteiger partial charge on any atom is 0.257 e. The van der Waals surface area contributed by atoms with Gasteiger partial charge in [-0.3, -0.25) is 14.9 Å². The predicted molar refractivity (Wildman–Crippen MR) is 97.5 cm³/mol. The summed E-state index contributed by atoms with van der Waals surface area (Å²) in [5, 5.41) is 7.82. The molecule has 0 saturated heterocycles. The molecular formula is C18H15N3O3S. The second-order valence-corrected chi connectivity index (χ2v) is 5.95. The Hall–Kier alpha value is -3.19. The fourth-order valence-corrected chi connectivity index (χ4v) is 2.65. The molecule has 1 heterocycles. The van der Waals surface area contributed by atoms with Gasteiger partial charge in [-0.05, 0) is 42.5 Å². The van der Waals surface area contributed by atoms with Crippen molar-refractivity contribution in [3.8, 4) is 5.75 Å². The molecule has 0 atom stereocenters. The number of ether oxygens (including phenoxy) is 1. The molecule has 1 aromatic heterocycles. The van der Waals surface area contributed by atoms with Crippen molar-refractivity contribution in [2.75, 3.05) is 17.7 Å². The Kier molecular flexibility index (Phi) is 5.06. The lowest BCUT2D eigenvalue weighted by Gasteiger charge is -2.08. The first-order valence-electron chi connectivity index (χ1n) is 7.42. The Morgan fingerprint density at radius 2 is 1.76 bits per heavy atom. The third kappa shape index (κ3) is 4.21. The van der Waals surface area contributed by atoms with Gasteiger partial charge >= 0.3 is 0 Å². The van der Waals surface area contributed by atoms with Gasteiger partial charge in [-0.25, -0.2) is 4.98 Å². The van der Waals surface area contributed by atoms with Crippen LogP contribution in [0.1, 0.15) is 20.7 Å². The fourth-order valence-electron chi connectivity index (χ4n) is 2.13. The van der Waals surface area contributed by atoms with E-state index in [1.54, 1.807) is 67.2 Å². The molecule has 0 spiro atoms. The smallest absolute Gasteiger partial charge is 0.257 e. The van der Waals surface area contributed by atoms with Gasteiger partial charge in [0.05, 0.1) is 7.11 Å². The first-order chi connectivity index (χ1) is 12.2. The second-order valence-electron chi connectivity index (χ2n) is 5.05. The Morgan fingerprint density at radius 1 is 1.00 bits per heavy atom. The van der Waals surface area contributed by atoms with Gasteiger partial charge in [0, 0.05) is 28.4 Å². The molecule has 0 fully saturated rings. The number of carbonyl (C=O) groups is 2. The number of anilines is 2. The maximum absolute atomic E-state index is 12.3. The molecule has 0 radical (unpaired) electrons. The van der Waals surface area contributed by atoms with Crippen LogP contribution in [0.3, 0.4) is 0 Å². The highest BCUT2D eigenvalue weighted by Crippen LogP contribution is 2.17. The van der Waals surface area contributed by atoms with E-state index in [2.05, 4.69) is 15.6 Å². The van der Waals surface area contributed by atoms with Crippen LogP contribution in [0.4, 0.5) is 10.8 Å². The highest BCUT2D eigenvalue weighted by atomic mass is 32.1. The van der Waals surface area contributed by atoms with Crippen LogP contribution in [0.5, 0.6) is 5.75 Å². The van der Waals surface area contributed by atoms with E-state index in [-0.39, 0.29) is 11.8 Å². The minimum absolute atomic E-state index is 0.249. The van der Waals surface area contributed by atoms with Crippen molar-refractivity contribution in [2.24, 2.45) is 0 Å². The molecule has 2 N–H and O–H groups in total. The zero-order valence-electron chi connectivity index (χ0n) is 13.4. The summed E-state index contributed by atoms with van der Waals surface area (Å²) in [6, 6.07) is 13.5. The molecule has 7 heteroatoms. The van der Waals surface area contributed by atoms with Gasteiger partial charge in [-0.15, -0.1) is 11.3 Å². The van der Waals surface area contributed by atoms with Crippen LogP contribution >= 0.6 is 11.3 Å². The molecule has 0 unspecified atom stereocenters. The zero-order valence-corrected chi connectivity index (χ0v) is 14.2. The topological polar surface area (TPSA) is 80.3 Å². The summed E-state index contributed by atoms with van der Waals surface area (Å²) < 4.78 is 5.11. The van der Waals surface area contributed by atoms with Gasteiger partial charge in [-0.2, -0.15) is 0 Å². The van der Waals surface area contributed by atoms with E-state index in [4.69, 9.17) is 4.74 Å². The van der Waals surface area contributed by atoms with E-state index >= 15 is 0 Å². The highest BCUT2D eigenvalue weighted by molar-refractivity contribution is 7.13. The standard InChI is InChI=1S/C18H15N3O3S/c1-24-15-4-2-3-13(11-15)17(23)20-14-7-5-12(6-8-14)16(22)21-18-19-9-10-25-18/h2-11H,1H3,(H,20,23)(H,19,21,22). The lowest BCUT2D eigenvalue weighted by molar-refractivity contribution is 0.101. The Labute approximate surface area is 148 Å². The molecule has 2 aromatic carbocycles. The van der Waals surface area contributed by atoms with Crippen LogP contribution in [0.2, 0.25) is 0 Å². The third-order valence-electron chi connectivity index (χ3n) is 3.39. The molecule has 126 valence electrons. The summed E-state index contributed by atoms with van der Waals surface area (Å²) in [7, 11) is 1.55. The molecule has 3 rings (SSSR count). The quantitative estimate of drug-likeness (QED) is 0.734. The summed E-state index contributed by atoms with van der Waals surface area (Å²) in [5.41, 5.74) is 1.57. The van der Waals surface area contributed by atoms with E-state index in [0.29, 0.717) is 27.7 Å². The summed E-state index contributed by atoms with van der Waals surface area (Å²) in [5.74, 6) is 0.112. The van der Waals surface area contributed by atoms with Gasteiger partial charge in [0.1, 0.15) is 5.75 Å². The molecular weight excluding hydrogens is 338 g/mol. The van der Waals surface area contributed by atoms with Crippen molar-refractivity contribution < 1.29 is 14.3 Å². The first-order valence-corrected chi connectivity index (χ1v) is 8.30. The average molecular weight is 353 g/mol. The zero-order chi connectivity index (χ0) is 17.6. The number of aromatic nitrogens is 1. The molecule has 6 nitrogen and oxygen atoms in total. The maximum atomic E-state index is 12.3. The molecule has 0 bridgehead atoms. The van der Waals surface area contributed by atoms with Crippen molar-refractivity contribution in [1.82, 2.24) is 4.98 Å². The van der Waals surface area contributed by atoms with E-state index in [1.807, 2.05) is 0 Å². The third-order valence-corrected chi connectivity index (χ3v) is 4.08. The Morgan fingerprint density at radius 3 is 2.44 bits per heavy atom. The van der Waals surface area contributed by atoms with Gasteiger partial charge in [0.15, 0.2) is 5.13 Å². The van der Waals surface area contributed by atoms with Gasteiger partial charge in [0.2, 0.25) is 0 Å². The van der Waals surface area contributed by atoms with Crippen LogP contribution < -0.4 is 15.4 Å². The van der Waals surface area contributed by atoms with E-state index in [1.165, 1.54) is 11.3 Å². The van der Waals surface area contributed by atoms with Gasteiger partial charge in [0.25, 0.3) is 11.8 Å². The highest BCUT2D eigenvalue weighted by Gasteiger charge is 2.10. The number of methoxy groups -OCH3 is 1. The largest absolute Gasteiger partial charge is 0.497 e. The van der Waals surface area contributed by atoms with Crippen molar-refractivity contribution in [1.29, 1.82) is 0 Å². The normalized spacial score (nSPS) is 10.1. The second kappa shape index (κ2) is 7.59. The lowest BCUT2D eigenvalue weighted by Crippen LogP contribution is -2.13. The molecule has 25 heavy (non-hydrogen) atoms. The van der Waals surface area contributed by atoms with E-state index in [0.717, 1.165) is 0 Å². The van der Waals surface area contributed by atoms with Crippen LogP contribution in [0.15, 0.2) is 60.1 Å². The number of benzene rings is 2. The van der Waals surface area contributed by atoms with Crippen LogP contribution in [-0.2, 0) is 0 Å². The Balaban J connectivity index is 1.65. The van der Waals surface area contributed by atoms with Crippen LogP contribution in [-0.4, -0.2) is 23.9 Å². The SMILES string of the molecule is COc1cccc(C(=O)Nc2ccc(C(=O)Nc3nccs3)cc2)c1. The van der Waals surface area contributed by atoms with Crippen molar-refractivity contribution in [3.63, 3.8) is 0 Å².